The highest BCUT2D eigenvalue weighted by molar-refractivity contribution is 6.02. The largest absolute Gasteiger partial charge is 0.494 e. The number of amidine groups is 1. The van der Waals surface area contributed by atoms with Gasteiger partial charge in [-0.15, -0.1) is 12.4 Å². The Kier molecular flexibility index (Phi) is 14.5. The fourth-order valence-electron chi connectivity index (χ4n) is 6.43. The summed E-state index contributed by atoms with van der Waals surface area (Å²) in [6.07, 6.45) is 4.81. The molecule has 7 N–H and O–H groups in total. The van der Waals surface area contributed by atoms with Gasteiger partial charge in [0.15, 0.2) is 0 Å². The van der Waals surface area contributed by atoms with Gasteiger partial charge in [0.1, 0.15) is 29.6 Å². The highest BCUT2D eigenvalue weighted by Crippen LogP contribution is 2.46. The lowest BCUT2D eigenvalue weighted by Gasteiger charge is -2.32. The quantitative estimate of drug-likeness (QED) is 0.0633. The molecule has 3 aromatic carbocycles. The zero-order valence-electron chi connectivity index (χ0n) is 29.2. The molecule has 2 aliphatic rings. The van der Waals surface area contributed by atoms with Crippen LogP contribution in [0.15, 0.2) is 83.9 Å². The molecule has 0 bridgehead atoms. The summed E-state index contributed by atoms with van der Waals surface area (Å²) >= 11 is 0. The van der Waals surface area contributed by atoms with Crippen LogP contribution < -0.4 is 26.7 Å². The molecule has 2 heterocycles. The van der Waals surface area contributed by atoms with Gasteiger partial charge in [-0.05, 0) is 105 Å². The third-order valence-electron chi connectivity index (χ3n) is 9.66. The normalized spacial score (nSPS) is 21.7. The van der Waals surface area contributed by atoms with Crippen molar-refractivity contribution in [2.75, 3.05) is 32.8 Å². The number of hydrogen-bond donors (Lipinski definition) is 4. The van der Waals surface area contributed by atoms with E-state index in [1.807, 2.05) is 80.6 Å². The highest BCUT2D eigenvalue weighted by Gasteiger charge is 2.64. The van der Waals surface area contributed by atoms with E-state index in [0.717, 1.165) is 67.4 Å². The number of halogens is 1. The Balaban J connectivity index is 0.00000562. The van der Waals surface area contributed by atoms with Crippen molar-refractivity contribution in [1.82, 2.24) is 9.96 Å². The first-order valence-electron chi connectivity index (χ1n) is 17.4. The summed E-state index contributed by atoms with van der Waals surface area (Å²) in [4.78, 5) is 18.4. The van der Waals surface area contributed by atoms with Gasteiger partial charge in [0.05, 0.1) is 19.3 Å². The van der Waals surface area contributed by atoms with Crippen LogP contribution in [-0.2, 0) is 17.0 Å². The summed E-state index contributed by atoms with van der Waals surface area (Å²) < 4.78 is 17.1. The van der Waals surface area contributed by atoms with Crippen LogP contribution in [0.25, 0.3) is 0 Å². The molecule has 5 rings (SSSR count). The molecule has 0 spiro atoms. The van der Waals surface area contributed by atoms with Crippen LogP contribution in [0.5, 0.6) is 11.5 Å². The number of ether oxygens (including phenoxy) is 3. The van der Waals surface area contributed by atoms with Crippen LogP contribution in [0, 0.1) is 11.8 Å². The van der Waals surface area contributed by atoms with E-state index in [4.69, 9.17) is 31.4 Å². The van der Waals surface area contributed by atoms with E-state index in [1.54, 1.807) is 12.1 Å². The van der Waals surface area contributed by atoms with E-state index >= 15 is 0 Å². The van der Waals surface area contributed by atoms with Crippen LogP contribution in [-0.4, -0.2) is 72.0 Å². The number of benzene rings is 3. The van der Waals surface area contributed by atoms with E-state index in [9.17, 15) is 10.0 Å². The number of likely N-dealkylation sites (tertiary alicyclic amines) is 1. The minimum atomic E-state index is -0.938. The molecule has 2 aliphatic heterocycles. The predicted octanol–water partition coefficient (Wildman–Crippen LogP) is 5.66. The zero-order chi connectivity index (χ0) is 34.8. The Hall–Kier alpha value is -3.71. The first kappa shape index (κ1) is 39.1. The predicted molar refractivity (Wildman–Crippen MR) is 198 cm³/mol. The molecule has 11 nitrogen and oxygen atoms in total. The molecular weight excluding hydrogens is 656 g/mol. The first-order chi connectivity index (χ1) is 23.6. The minimum Gasteiger partial charge on any atom is -0.494 e. The second kappa shape index (κ2) is 18.5. The molecule has 50 heavy (non-hydrogen) atoms. The molecule has 272 valence electrons. The van der Waals surface area contributed by atoms with Gasteiger partial charge in [0.25, 0.3) is 0 Å². The summed E-state index contributed by atoms with van der Waals surface area (Å²) in [5, 5.41) is 11.5. The van der Waals surface area contributed by atoms with Gasteiger partial charge < -0.3 is 41.5 Å². The van der Waals surface area contributed by atoms with E-state index in [1.165, 1.54) is 17.9 Å². The van der Waals surface area contributed by atoms with E-state index < -0.39 is 11.8 Å². The highest BCUT2D eigenvalue weighted by atomic mass is 35.5. The number of amides is 1. The zero-order valence-corrected chi connectivity index (χ0v) is 30.0. The third-order valence-corrected chi connectivity index (χ3v) is 9.66. The lowest BCUT2D eigenvalue weighted by atomic mass is 9.92. The van der Waals surface area contributed by atoms with Gasteiger partial charge in [0, 0.05) is 18.2 Å². The van der Waals surface area contributed by atoms with Gasteiger partial charge >= 0.3 is 6.09 Å². The van der Waals surface area contributed by atoms with Crippen molar-refractivity contribution in [1.29, 1.82) is 0 Å². The summed E-state index contributed by atoms with van der Waals surface area (Å²) in [5.74, 6) is 2.61. The SMILES string of the molecule is CC(C)[C@H](N)C1N(O)C1(N)c1ccc(OCCCC2CCN(CCCOc3ccc(C(N)=NC(=O)OCc4ccccc4)cc3)CC2)cc1.Cl. The van der Waals surface area contributed by atoms with E-state index in [0.29, 0.717) is 18.8 Å². The summed E-state index contributed by atoms with van der Waals surface area (Å²) in [6.45, 7) is 8.75. The average molecular weight is 709 g/mol. The van der Waals surface area contributed by atoms with Crippen LogP contribution >= 0.6 is 12.4 Å². The molecule has 12 heteroatoms. The van der Waals surface area contributed by atoms with Crippen molar-refractivity contribution < 1.29 is 24.2 Å². The van der Waals surface area contributed by atoms with E-state index in [2.05, 4.69) is 9.89 Å². The molecule has 0 radical (unpaired) electrons. The smallest absolute Gasteiger partial charge is 0.435 e. The molecular formula is C38H53ClN6O5. The number of hydroxylamine groups is 2. The second-order valence-corrected chi connectivity index (χ2v) is 13.5. The van der Waals surface area contributed by atoms with Gasteiger partial charge in [-0.25, -0.2) is 4.79 Å². The van der Waals surface area contributed by atoms with Crippen molar-refractivity contribution in [3.05, 3.63) is 95.6 Å². The standard InChI is InChI=1S/C38H52N6O5.ClH/c1-27(2)34(39)35-38(41,44(35)46)31-13-17-33(18-14-31)47-24-6-10-28-19-22-43(23-20-28)21-7-25-48-32-15-11-30(12-16-32)36(40)42-37(45)49-26-29-8-4-3-5-9-29;/h3-5,8-9,11-18,27-28,34-35,46H,6-7,10,19-26,39,41H2,1-2H3,(H2,40,42,45);1H/t34-,35?,38?,44?;/m0./s1. The third kappa shape index (κ3) is 10.4. The summed E-state index contributed by atoms with van der Waals surface area (Å²) in [5.41, 5.74) is 20.2. The second-order valence-electron chi connectivity index (χ2n) is 13.5. The fourth-order valence-corrected chi connectivity index (χ4v) is 6.43. The van der Waals surface area contributed by atoms with Gasteiger partial charge in [-0.2, -0.15) is 10.1 Å². The molecule has 0 saturated carbocycles. The van der Waals surface area contributed by atoms with Crippen LogP contribution in [0.3, 0.4) is 0 Å². The monoisotopic (exact) mass is 708 g/mol. The Morgan fingerprint density at radius 2 is 1.54 bits per heavy atom. The molecule has 4 atom stereocenters. The number of piperidine rings is 1. The lowest BCUT2D eigenvalue weighted by Crippen LogP contribution is -2.39. The Bertz CT molecular complexity index is 1500. The Morgan fingerprint density at radius 3 is 2.16 bits per heavy atom. The molecule has 3 unspecified atom stereocenters. The van der Waals surface area contributed by atoms with Crippen molar-refractivity contribution in [2.45, 2.75) is 70.3 Å². The number of hydrogen-bond acceptors (Lipinski definition) is 9. The van der Waals surface area contributed by atoms with Crippen LogP contribution in [0.1, 0.15) is 62.6 Å². The number of nitrogens with zero attached hydrogens (tertiary/aromatic N) is 3. The molecule has 1 amide bonds. The molecule has 2 fully saturated rings. The minimum absolute atomic E-state index is 0. The maximum absolute atomic E-state index is 12.0. The lowest BCUT2D eigenvalue weighted by molar-refractivity contribution is -0.0190. The Morgan fingerprint density at radius 1 is 0.940 bits per heavy atom. The summed E-state index contributed by atoms with van der Waals surface area (Å²) in [7, 11) is 0. The van der Waals surface area contributed by atoms with Gasteiger partial charge in [0.2, 0.25) is 0 Å². The van der Waals surface area contributed by atoms with Crippen LogP contribution in [0.4, 0.5) is 4.79 Å². The van der Waals surface area contributed by atoms with Gasteiger partial charge in [-0.1, -0.05) is 56.3 Å². The maximum atomic E-state index is 12.0. The van der Waals surface area contributed by atoms with Crippen molar-refractivity contribution in [2.24, 2.45) is 34.0 Å². The topological polar surface area (TPSA) is 162 Å². The molecule has 2 saturated heterocycles. The summed E-state index contributed by atoms with van der Waals surface area (Å²) in [6, 6.07) is 23.9. The molecule has 0 aromatic heterocycles. The number of carbonyl (C=O) groups is 1. The van der Waals surface area contributed by atoms with Crippen LogP contribution in [0.2, 0.25) is 0 Å². The van der Waals surface area contributed by atoms with Crippen molar-refractivity contribution in [3.63, 3.8) is 0 Å². The van der Waals surface area contributed by atoms with Gasteiger partial charge in [-0.3, -0.25) is 0 Å². The first-order valence-corrected chi connectivity index (χ1v) is 17.4. The maximum Gasteiger partial charge on any atom is 0.435 e. The number of rotatable bonds is 16. The Labute approximate surface area is 302 Å². The van der Waals surface area contributed by atoms with Crippen molar-refractivity contribution >= 4 is 24.3 Å². The number of nitrogens with two attached hydrogens (primary N) is 3. The molecule has 0 aliphatic carbocycles. The number of aliphatic imine (C=N–C) groups is 1. The number of carbonyl (C=O) groups excluding carboxylic acids is 1. The molecule has 3 aromatic rings. The van der Waals surface area contributed by atoms with E-state index in [-0.39, 0.29) is 42.9 Å². The fraction of sp³-hybridized carbons (Fsp3) is 0.474. The van der Waals surface area contributed by atoms with Crippen molar-refractivity contribution in [3.8, 4) is 11.5 Å². The average Bonchev–Trinajstić information content (AvgIpc) is 3.68.